The highest BCUT2D eigenvalue weighted by Crippen LogP contribution is 2.39. The topological polar surface area (TPSA) is 103 Å². The average Bonchev–Trinajstić information content (AvgIpc) is 2.95. The molecule has 1 aliphatic heterocycles. The predicted molar refractivity (Wildman–Crippen MR) is 101 cm³/mol. The summed E-state index contributed by atoms with van der Waals surface area (Å²) in [5, 5.41) is 10.8. The van der Waals surface area contributed by atoms with E-state index in [1.807, 2.05) is 18.8 Å². The second-order valence-corrected chi connectivity index (χ2v) is 6.85. The van der Waals surface area contributed by atoms with Crippen LogP contribution in [0.2, 0.25) is 0 Å². The van der Waals surface area contributed by atoms with Crippen molar-refractivity contribution in [1.29, 1.82) is 0 Å². The van der Waals surface area contributed by atoms with Crippen molar-refractivity contribution < 1.29 is 23.7 Å². The minimum Gasteiger partial charge on any atom is -0.386 e. The first kappa shape index (κ1) is 22.5. The van der Waals surface area contributed by atoms with Gasteiger partial charge in [0.2, 0.25) is 5.82 Å². The van der Waals surface area contributed by atoms with E-state index in [1.54, 1.807) is 0 Å². The molecular weight excluding hydrogens is 371 g/mol. The summed E-state index contributed by atoms with van der Waals surface area (Å²) >= 11 is 0. The number of hydrogen-bond acceptors (Lipinski definition) is 6. The van der Waals surface area contributed by atoms with Crippen molar-refractivity contribution in [2.45, 2.75) is 63.6 Å². The molecule has 1 aromatic heterocycles. The van der Waals surface area contributed by atoms with Gasteiger partial charge in [0, 0.05) is 13.2 Å². The predicted octanol–water partition coefficient (Wildman–Crippen LogP) is 1.49. The van der Waals surface area contributed by atoms with Gasteiger partial charge in [0.25, 0.3) is 5.56 Å². The Kier molecular flexibility index (Phi) is 8.11. The summed E-state index contributed by atoms with van der Waals surface area (Å²) in [4.78, 5) is 25.3. The van der Waals surface area contributed by atoms with Crippen LogP contribution in [0.5, 0.6) is 0 Å². The molecule has 0 saturated carbocycles. The van der Waals surface area contributed by atoms with Crippen LogP contribution in [0.1, 0.15) is 45.8 Å². The fraction of sp³-hybridized carbons (Fsp3) is 0.684. The monoisotopic (exact) mass is 400 g/mol. The second kappa shape index (κ2) is 10.1. The molecule has 0 spiro atoms. The number of nitrogens with one attached hydrogen (secondary N) is 1. The van der Waals surface area contributed by atoms with Crippen molar-refractivity contribution in [2.24, 2.45) is 0 Å². The number of ether oxygens (including phenoxy) is 3. The first-order valence-corrected chi connectivity index (χ1v) is 9.60. The lowest BCUT2D eigenvalue weighted by molar-refractivity contribution is -0.125. The standard InChI is InChI=1S/C19H29FN2O6/c1-4-7-9-26-12-19(6-3)15(27-10-8-5-2)14(23)17(28-19)22-11-13(20)16(24)21-18(22)25/h6,11,14-15,17,23H,3-5,7-10,12H2,1-2H3,(H,21,24,25)/t14-,15+,17-,19-/m1/s1. The summed E-state index contributed by atoms with van der Waals surface area (Å²) in [6, 6.07) is 0. The molecule has 0 bridgehead atoms. The summed E-state index contributed by atoms with van der Waals surface area (Å²) in [5.41, 5.74) is -3.26. The van der Waals surface area contributed by atoms with Gasteiger partial charge in [-0.25, -0.2) is 4.79 Å². The number of unbranched alkanes of at least 4 members (excludes halogenated alkanes) is 2. The molecule has 2 rings (SSSR count). The molecule has 1 aliphatic rings. The molecule has 8 nitrogen and oxygen atoms in total. The maximum Gasteiger partial charge on any atom is 0.330 e. The van der Waals surface area contributed by atoms with Crippen molar-refractivity contribution in [2.75, 3.05) is 19.8 Å². The lowest BCUT2D eigenvalue weighted by atomic mass is 9.95. The minimum absolute atomic E-state index is 0.0570. The third-order valence-electron chi connectivity index (χ3n) is 4.73. The molecule has 158 valence electrons. The summed E-state index contributed by atoms with van der Waals surface area (Å²) in [6.07, 6.45) is 2.23. The third-order valence-corrected chi connectivity index (χ3v) is 4.73. The number of H-pyrrole nitrogens is 1. The number of nitrogens with zero attached hydrogens (tertiary/aromatic N) is 1. The zero-order chi connectivity index (χ0) is 20.7. The van der Waals surface area contributed by atoms with Gasteiger partial charge in [-0.05, 0) is 12.8 Å². The van der Waals surface area contributed by atoms with Gasteiger partial charge in [0.15, 0.2) is 6.23 Å². The van der Waals surface area contributed by atoms with E-state index in [0.717, 1.165) is 36.4 Å². The zero-order valence-electron chi connectivity index (χ0n) is 16.4. The molecule has 4 atom stereocenters. The molecule has 2 heterocycles. The van der Waals surface area contributed by atoms with Crippen LogP contribution in [0, 0.1) is 5.82 Å². The van der Waals surface area contributed by atoms with Gasteiger partial charge in [-0.15, -0.1) is 6.58 Å². The Labute approximate surface area is 162 Å². The van der Waals surface area contributed by atoms with E-state index in [4.69, 9.17) is 14.2 Å². The quantitative estimate of drug-likeness (QED) is 0.431. The maximum atomic E-state index is 13.7. The lowest BCUT2D eigenvalue weighted by Crippen LogP contribution is -2.47. The van der Waals surface area contributed by atoms with Crippen molar-refractivity contribution in [3.8, 4) is 0 Å². The lowest BCUT2D eigenvalue weighted by Gasteiger charge is -2.31. The molecule has 0 radical (unpaired) electrons. The van der Waals surface area contributed by atoms with Crippen LogP contribution in [0.25, 0.3) is 0 Å². The number of aromatic nitrogens is 2. The van der Waals surface area contributed by atoms with Crippen LogP contribution < -0.4 is 11.2 Å². The van der Waals surface area contributed by atoms with Crippen LogP contribution in [0.4, 0.5) is 4.39 Å². The molecule has 28 heavy (non-hydrogen) atoms. The SMILES string of the molecule is C=C[C@]1(COCCCC)O[C@@H](n2cc(F)c(=O)[nH]c2=O)[C@H](O)[C@@H]1OCCCC. The van der Waals surface area contributed by atoms with Gasteiger partial charge in [0.05, 0.1) is 12.8 Å². The first-order valence-electron chi connectivity index (χ1n) is 9.60. The van der Waals surface area contributed by atoms with Gasteiger partial charge in [-0.2, -0.15) is 4.39 Å². The zero-order valence-corrected chi connectivity index (χ0v) is 16.4. The molecule has 0 aliphatic carbocycles. The maximum absolute atomic E-state index is 13.7. The molecule has 9 heteroatoms. The molecule has 1 fully saturated rings. The fourth-order valence-electron chi connectivity index (χ4n) is 3.08. The largest absolute Gasteiger partial charge is 0.386 e. The van der Waals surface area contributed by atoms with E-state index >= 15 is 0 Å². The second-order valence-electron chi connectivity index (χ2n) is 6.85. The van der Waals surface area contributed by atoms with E-state index in [2.05, 4.69) is 6.58 Å². The number of hydrogen-bond donors (Lipinski definition) is 2. The van der Waals surface area contributed by atoms with Gasteiger partial charge >= 0.3 is 5.69 Å². The number of aliphatic hydroxyl groups is 1. The number of aromatic amines is 1. The van der Waals surface area contributed by atoms with Crippen LogP contribution in [0.3, 0.4) is 0 Å². The highest BCUT2D eigenvalue weighted by molar-refractivity contribution is 5.12. The molecule has 2 N–H and O–H groups in total. The summed E-state index contributed by atoms with van der Waals surface area (Å²) in [6.45, 7) is 8.75. The van der Waals surface area contributed by atoms with E-state index in [0.29, 0.717) is 13.2 Å². The van der Waals surface area contributed by atoms with Crippen molar-refractivity contribution in [3.63, 3.8) is 0 Å². The number of rotatable bonds is 11. The first-order chi connectivity index (χ1) is 13.4. The number of aliphatic hydroxyl groups excluding tert-OH is 1. The van der Waals surface area contributed by atoms with E-state index < -0.39 is 41.1 Å². The fourth-order valence-corrected chi connectivity index (χ4v) is 3.08. The molecule has 1 aromatic rings. The summed E-state index contributed by atoms with van der Waals surface area (Å²) < 4.78 is 32.0. The Morgan fingerprint density at radius 3 is 2.68 bits per heavy atom. The van der Waals surface area contributed by atoms with Crippen LogP contribution in [-0.2, 0) is 14.2 Å². The van der Waals surface area contributed by atoms with E-state index in [-0.39, 0.29) is 6.61 Å². The van der Waals surface area contributed by atoms with Gasteiger partial charge in [-0.1, -0.05) is 32.8 Å². The van der Waals surface area contributed by atoms with Crippen molar-refractivity contribution >= 4 is 0 Å². The van der Waals surface area contributed by atoms with Crippen LogP contribution >= 0.6 is 0 Å². The normalized spacial score (nSPS) is 27.2. The number of halogens is 1. The van der Waals surface area contributed by atoms with Gasteiger partial charge in [0.1, 0.15) is 17.8 Å². The Balaban J connectivity index is 2.34. The molecule has 0 unspecified atom stereocenters. The Morgan fingerprint density at radius 2 is 2.04 bits per heavy atom. The van der Waals surface area contributed by atoms with Crippen molar-refractivity contribution in [3.05, 3.63) is 45.5 Å². The Morgan fingerprint density at radius 1 is 1.36 bits per heavy atom. The molecule has 0 amide bonds. The van der Waals surface area contributed by atoms with Gasteiger partial charge in [-0.3, -0.25) is 14.3 Å². The molecular formula is C19H29FN2O6. The minimum atomic E-state index is -1.30. The van der Waals surface area contributed by atoms with E-state index in [9.17, 15) is 19.1 Å². The highest BCUT2D eigenvalue weighted by Gasteiger charge is 2.55. The summed E-state index contributed by atoms with van der Waals surface area (Å²) in [7, 11) is 0. The summed E-state index contributed by atoms with van der Waals surface area (Å²) in [5.74, 6) is -1.16. The molecule has 0 aromatic carbocycles. The smallest absolute Gasteiger partial charge is 0.330 e. The average molecular weight is 400 g/mol. The third kappa shape index (κ3) is 4.78. The van der Waals surface area contributed by atoms with Crippen molar-refractivity contribution in [1.82, 2.24) is 9.55 Å². The Hall–Kier alpha value is -1.81. The molecule has 1 saturated heterocycles. The van der Waals surface area contributed by atoms with Crippen LogP contribution in [0.15, 0.2) is 28.4 Å². The van der Waals surface area contributed by atoms with Gasteiger partial charge < -0.3 is 19.3 Å². The highest BCUT2D eigenvalue weighted by atomic mass is 19.1. The Bertz CT molecular complexity index is 764. The van der Waals surface area contributed by atoms with Crippen LogP contribution in [-0.4, -0.2) is 52.3 Å². The van der Waals surface area contributed by atoms with E-state index in [1.165, 1.54) is 6.08 Å².